The number of thioether (sulfide) groups is 1. The van der Waals surface area contributed by atoms with Gasteiger partial charge in [0.1, 0.15) is 5.00 Å². The van der Waals surface area contributed by atoms with Gasteiger partial charge in [0.2, 0.25) is 0 Å². The third-order valence-electron chi connectivity index (χ3n) is 3.53. The molecular formula is C14H23N3OS2. The van der Waals surface area contributed by atoms with Crippen LogP contribution in [0.5, 0.6) is 0 Å². The summed E-state index contributed by atoms with van der Waals surface area (Å²) in [5.41, 5.74) is 6.70. The number of ketones is 1. The van der Waals surface area contributed by atoms with Gasteiger partial charge in [-0.15, -0.1) is 23.1 Å². The highest BCUT2D eigenvalue weighted by atomic mass is 32.2. The minimum Gasteiger partial charge on any atom is -0.396 e. The van der Waals surface area contributed by atoms with Crippen LogP contribution in [0.15, 0.2) is 4.90 Å². The fourth-order valence-electron chi connectivity index (χ4n) is 2.61. The van der Waals surface area contributed by atoms with Crippen molar-refractivity contribution < 1.29 is 4.79 Å². The molecule has 0 aliphatic carbocycles. The number of nitrogen functional groups attached to an aromatic ring is 1. The number of thiophene rings is 1. The van der Waals surface area contributed by atoms with Gasteiger partial charge in [0, 0.05) is 19.5 Å². The summed E-state index contributed by atoms with van der Waals surface area (Å²) in [6.45, 7) is 7.20. The predicted molar refractivity (Wildman–Crippen MR) is 89.3 cm³/mol. The molecule has 112 valence electrons. The monoisotopic (exact) mass is 313 g/mol. The molecule has 0 radical (unpaired) electrons. The summed E-state index contributed by atoms with van der Waals surface area (Å²) >= 11 is 3.08. The number of hydrogen-bond acceptors (Lipinski definition) is 6. The lowest BCUT2D eigenvalue weighted by Gasteiger charge is -2.21. The van der Waals surface area contributed by atoms with Crippen molar-refractivity contribution in [2.24, 2.45) is 0 Å². The van der Waals surface area contributed by atoms with Crippen molar-refractivity contribution in [3.8, 4) is 0 Å². The Labute approximate surface area is 129 Å². The van der Waals surface area contributed by atoms with Gasteiger partial charge in [-0.25, -0.2) is 0 Å². The normalized spacial score (nSPS) is 17.4. The van der Waals surface area contributed by atoms with Crippen LogP contribution in [0.2, 0.25) is 0 Å². The van der Waals surface area contributed by atoms with E-state index in [2.05, 4.69) is 17.1 Å². The molecule has 2 rings (SSSR count). The summed E-state index contributed by atoms with van der Waals surface area (Å²) in [4.78, 5) is 15.8. The number of rotatable bonds is 6. The molecule has 0 saturated carbocycles. The maximum Gasteiger partial charge on any atom is 0.171 e. The Bertz CT molecular complexity index is 481. The first-order valence-electron chi connectivity index (χ1n) is 6.99. The van der Waals surface area contributed by atoms with Crippen molar-refractivity contribution >= 4 is 39.6 Å². The molecule has 20 heavy (non-hydrogen) atoms. The Morgan fingerprint density at radius 2 is 2.15 bits per heavy atom. The van der Waals surface area contributed by atoms with Crippen LogP contribution >= 0.6 is 23.1 Å². The first-order valence-corrected chi connectivity index (χ1v) is 9.03. The van der Waals surface area contributed by atoms with Crippen molar-refractivity contribution in [2.75, 3.05) is 36.9 Å². The van der Waals surface area contributed by atoms with E-state index in [0.29, 0.717) is 16.6 Å². The average molecular weight is 313 g/mol. The third kappa shape index (κ3) is 3.48. The lowest BCUT2D eigenvalue weighted by molar-refractivity contribution is 0.102. The summed E-state index contributed by atoms with van der Waals surface area (Å²) in [6.07, 6.45) is 4.62. The van der Waals surface area contributed by atoms with E-state index in [-0.39, 0.29) is 5.78 Å². The molecule has 1 aliphatic rings. The molecule has 1 atom stereocenters. The van der Waals surface area contributed by atoms with Gasteiger partial charge in [0.15, 0.2) is 5.78 Å². The van der Waals surface area contributed by atoms with Gasteiger partial charge >= 0.3 is 0 Å². The van der Waals surface area contributed by atoms with Crippen molar-refractivity contribution in [3.63, 3.8) is 0 Å². The second-order valence-electron chi connectivity index (χ2n) is 5.32. The molecule has 0 aromatic carbocycles. The van der Waals surface area contributed by atoms with Crippen molar-refractivity contribution in [1.82, 2.24) is 4.90 Å². The minimum atomic E-state index is 0.0445. The summed E-state index contributed by atoms with van der Waals surface area (Å²) in [5.74, 6) is 0.0445. The second kappa shape index (κ2) is 6.83. The number of nitrogens with one attached hydrogen (secondary N) is 1. The molecule has 3 N–H and O–H groups in total. The first kappa shape index (κ1) is 15.7. The van der Waals surface area contributed by atoms with Crippen molar-refractivity contribution in [1.29, 1.82) is 0 Å². The topological polar surface area (TPSA) is 58.4 Å². The first-order chi connectivity index (χ1) is 9.52. The van der Waals surface area contributed by atoms with E-state index in [0.717, 1.165) is 16.4 Å². The molecule has 1 fully saturated rings. The average Bonchev–Trinajstić information content (AvgIpc) is 2.97. The van der Waals surface area contributed by atoms with Gasteiger partial charge in [0.25, 0.3) is 0 Å². The van der Waals surface area contributed by atoms with E-state index in [1.807, 2.05) is 6.26 Å². The highest BCUT2D eigenvalue weighted by Crippen LogP contribution is 2.42. The molecule has 1 aliphatic heterocycles. The number of carbonyl (C=O) groups is 1. The van der Waals surface area contributed by atoms with E-state index in [4.69, 9.17) is 5.73 Å². The van der Waals surface area contributed by atoms with Gasteiger partial charge in [-0.1, -0.05) is 0 Å². The summed E-state index contributed by atoms with van der Waals surface area (Å²) in [6, 6.07) is 0.358. The maximum atomic E-state index is 11.6. The number of carbonyl (C=O) groups excluding carboxylic acids is 1. The SMILES string of the molecule is CSc1c(NC(C)CN2CCCC2)sc(C(C)=O)c1N. The standard InChI is InChI=1S/C14H23N3OS2/c1-9(8-17-6-4-5-7-17)16-14-13(19-3)11(15)12(20-14)10(2)18/h9,16H,4-8,15H2,1-3H3. The Kier molecular flexibility index (Phi) is 5.35. The number of likely N-dealkylation sites (tertiary alicyclic amines) is 1. The summed E-state index contributed by atoms with van der Waals surface area (Å²) in [7, 11) is 0. The van der Waals surface area contributed by atoms with E-state index in [9.17, 15) is 4.79 Å². The van der Waals surface area contributed by atoms with E-state index in [1.54, 1.807) is 18.7 Å². The highest BCUT2D eigenvalue weighted by molar-refractivity contribution is 7.99. The molecule has 0 spiro atoms. The van der Waals surface area contributed by atoms with Crippen LogP contribution in [0.4, 0.5) is 10.7 Å². The quantitative estimate of drug-likeness (QED) is 0.624. The van der Waals surface area contributed by atoms with Crippen LogP contribution in [0, 0.1) is 0 Å². The molecule has 1 aromatic heterocycles. The Hall–Kier alpha value is -0.720. The molecular weight excluding hydrogens is 290 g/mol. The number of anilines is 2. The summed E-state index contributed by atoms with van der Waals surface area (Å²) in [5, 5.41) is 4.56. The maximum absolute atomic E-state index is 11.6. The number of Topliss-reactive ketones (excluding diaryl/α,β-unsaturated/α-hetero) is 1. The molecule has 1 unspecified atom stereocenters. The van der Waals surface area contributed by atoms with Gasteiger partial charge in [0.05, 0.1) is 15.5 Å². The Morgan fingerprint density at radius 3 is 2.70 bits per heavy atom. The predicted octanol–water partition coefficient (Wildman–Crippen LogP) is 3.15. The van der Waals surface area contributed by atoms with E-state index < -0.39 is 0 Å². The van der Waals surface area contributed by atoms with Crippen LogP contribution in [0.1, 0.15) is 36.4 Å². The number of nitrogens with two attached hydrogens (primary N) is 1. The van der Waals surface area contributed by atoms with Crippen LogP contribution in [0.3, 0.4) is 0 Å². The zero-order chi connectivity index (χ0) is 14.7. The van der Waals surface area contributed by atoms with E-state index in [1.165, 1.54) is 37.3 Å². The fraction of sp³-hybridized carbons (Fsp3) is 0.643. The van der Waals surface area contributed by atoms with Crippen LogP contribution in [-0.4, -0.2) is 42.6 Å². The molecule has 6 heteroatoms. The molecule has 2 heterocycles. The molecule has 0 amide bonds. The summed E-state index contributed by atoms with van der Waals surface area (Å²) < 4.78 is 0. The number of hydrogen-bond donors (Lipinski definition) is 2. The van der Waals surface area contributed by atoms with Crippen molar-refractivity contribution in [3.05, 3.63) is 4.88 Å². The molecule has 1 saturated heterocycles. The molecule has 4 nitrogen and oxygen atoms in total. The lowest BCUT2D eigenvalue weighted by atomic mass is 10.3. The van der Waals surface area contributed by atoms with Gasteiger partial charge in [-0.05, 0) is 39.1 Å². The van der Waals surface area contributed by atoms with Gasteiger partial charge < -0.3 is 16.0 Å². The molecule has 0 bridgehead atoms. The van der Waals surface area contributed by atoms with Crippen LogP contribution in [-0.2, 0) is 0 Å². The van der Waals surface area contributed by atoms with Crippen LogP contribution in [0.25, 0.3) is 0 Å². The highest BCUT2D eigenvalue weighted by Gasteiger charge is 2.20. The molecule has 1 aromatic rings. The lowest BCUT2D eigenvalue weighted by Crippen LogP contribution is -2.32. The van der Waals surface area contributed by atoms with Crippen molar-refractivity contribution in [2.45, 2.75) is 37.6 Å². The smallest absolute Gasteiger partial charge is 0.171 e. The second-order valence-corrected chi connectivity index (χ2v) is 7.15. The van der Waals surface area contributed by atoms with E-state index >= 15 is 0 Å². The minimum absolute atomic E-state index is 0.0445. The van der Waals surface area contributed by atoms with Crippen LogP contribution < -0.4 is 11.1 Å². The number of nitrogens with zero attached hydrogens (tertiary/aromatic N) is 1. The zero-order valence-electron chi connectivity index (χ0n) is 12.4. The van der Waals surface area contributed by atoms with Gasteiger partial charge in [-0.2, -0.15) is 0 Å². The van der Waals surface area contributed by atoms with Gasteiger partial charge in [-0.3, -0.25) is 4.79 Å². The third-order valence-corrected chi connectivity index (χ3v) is 5.73. The zero-order valence-corrected chi connectivity index (χ0v) is 14.0. The Morgan fingerprint density at radius 1 is 1.50 bits per heavy atom. The Balaban J connectivity index is 2.07. The fourth-order valence-corrected chi connectivity index (χ4v) is 4.64. The largest absolute Gasteiger partial charge is 0.396 e.